The minimum Gasteiger partial charge on any atom is -0.494 e. The number of rotatable bonds is 6. The van der Waals surface area contributed by atoms with Crippen LogP contribution in [0.3, 0.4) is 0 Å². The number of hydrazone groups is 1. The smallest absolute Gasteiger partial charge is 0.271 e. The van der Waals surface area contributed by atoms with Crippen molar-refractivity contribution in [3.05, 3.63) is 54.4 Å². The molecule has 0 fully saturated rings. The van der Waals surface area contributed by atoms with Gasteiger partial charge in [-0.3, -0.25) is 14.6 Å². The van der Waals surface area contributed by atoms with Gasteiger partial charge in [0.1, 0.15) is 23.2 Å². The Morgan fingerprint density at radius 2 is 1.94 bits per heavy atom. The molecule has 0 bridgehead atoms. The molecule has 1 amide bonds. The lowest BCUT2D eigenvalue weighted by molar-refractivity contribution is -0.118. The van der Waals surface area contributed by atoms with Crippen molar-refractivity contribution in [3.8, 4) is 11.4 Å². The second-order valence-electron chi connectivity index (χ2n) is 7.04. The van der Waals surface area contributed by atoms with Crippen molar-refractivity contribution in [2.75, 3.05) is 17.4 Å². The monoisotopic (exact) mass is 419 g/mol. The van der Waals surface area contributed by atoms with E-state index in [9.17, 15) is 9.59 Å². The first kappa shape index (κ1) is 20.2. The average molecular weight is 419 g/mol. The molecule has 2 aromatic carbocycles. The van der Waals surface area contributed by atoms with E-state index in [1.54, 1.807) is 37.2 Å². The second-order valence-corrected chi connectivity index (χ2v) is 7.04. The van der Waals surface area contributed by atoms with Gasteiger partial charge in [0.15, 0.2) is 11.6 Å². The van der Waals surface area contributed by atoms with E-state index in [4.69, 9.17) is 4.74 Å². The van der Waals surface area contributed by atoms with E-state index in [1.165, 1.54) is 11.6 Å². The van der Waals surface area contributed by atoms with Crippen molar-refractivity contribution in [1.82, 2.24) is 20.2 Å². The minimum absolute atomic E-state index is 0.0590. The predicted octanol–water partition coefficient (Wildman–Crippen LogP) is 2.14. The van der Waals surface area contributed by atoms with E-state index in [-0.39, 0.29) is 23.8 Å². The van der Waals surface area contributed by atoms with Gasteiger partial charge in [-0.15, -0.1) is 5.10 Å². The van der Waals surface area contributed by atoms with Gasteiger partial charge >= 0.3 is 0 Å². The fraction of sp³-hybridized carbons (Fsp3) is 0.238. The highest BCUT2D eigenvalue weighted by Gasteiger charge is 2.34. The van der Waals surface area contributed by atoms with Crippen molar-refractivity contribution in [2.24, 2.45) is 5.10 Å². The molecule has 1 aliphatic rings. The summed E-state index contributed by atoms with van der Waals surface area (Å²) in [5.41, 5.74) is 2.14. The average Bonchev–Trinajstić information content (AvgIpc) is 3.41. The molecule has 0 saturated heterocycles. The molecule has 1 aliphatic heterocycles. The fourth-order valence-electron chi connectivity index (χ4n) is 3.37. The number of hydrogen-bond donors (Lipinski definition) is 1. The second kappa shape index (κ2) is 8.34. The maximum absolute atomic E-state index is 12.9. The molecule has 1 aromatic heterocycles. The summed E-state index contributed by atoms with van der Waals surface area (Å²) < 4.78 is 6.91. The maximum Gasteiger partial charge on any atom is 0.271 e. The number of anilines is 2. The number of methoxy groups -OCH3 is 1. The third-order valence-corrected chi connectivity index (χ3v) is 4.95. The lowest BCUT2D eigenvalue weighted by Gasteiger charge is -2.20. The highest BCUT2D eigenvalue weighted by Crippen LogP contribution is 2.28. The molecule has 1 atom stereocenters. The van der Waals surface area contributed by atoms with Crippen LogP contribution in [0, 0.1) is 6.92 Å². The molecule has 10 heteroatoms. The Kier molecular flexibility index (Phi) is 5.44. The third kappa shape index (κ3) is 4.00. The Morgan fingerprint density at radius 1 is 1.16 bits per heavy atom. The van der Waals surface area contributed by atoms with Gasteiger partial charge in [-0.05, 0) is 54.6 Å². The molecular weight excluding hydrogens is 398 g/mol. The zero-order valence-corrected chi connectivity index (χ0v) is 17.3. The summed E-state index contributed by atoms with van der Waals surface area (Å²) in [5, 5.41) is 20.4. The number of carbonyl (C=O) groups is 2. The van der Waals surface area contributed by atoms with Crippen LogP contribution in [0.25, 0.3) is 5.69 Å². The van der Waals surface area contributed by atoms with Crippen LogP contribution in [-0.4, -0.2) is 50.8 Å². The van der Waals surface area contributed by atoms with E-state index in [0.717, 1.165) is 5.69 Å². The van der Waals surface area contributed by atoms with E-state index in [2.05, 4.69) is 25.9 Å². The molecule has 1 unspecified atom stereocenters. The summed E-state index contributed by atoms with van der Waals surface area (Å²) in [6.45, 7) is 3.26. The molecule has 10 nitrogen and oxygen atoms in total. The number of amides is 1. The molecule has 2 heterocycles. The normalized spacial score (nSPS) is 15.5. The lowest BCUT2D eigenvalue weighted by atomic mass is 10.1. The number of carbonyl (C=O) groups excluding carboxylic acids is 2. The first-order chi connectivity index (χ1) is 15.0. The van der Waals surface area contributed by atoms with Gasteiger partial charge in [0, 0.05) is 12.1 Å². The molecule has 4 rings (SSSR count). The molecule has 0 spiro atoms. The number of hydrogen-bond acceptors (Lipinski definition) is 8. The third-order valence-electron chi connectivity index (χ3n) is 4.95. The van der Waals surface area contributed by atoms with Crippen LogP contribution in [0.4, 0.5) is 11.4 Å². The highest BCUT2D eigenvalue weighted by atomic mass is 16.5. The number of tetrazole rings is 1. The number of para-hydroxylation sites is 1. The Labute approximate surface area is 178 Å². The van der Waals surface area contributed by atoms with Crippen molar-refractivity contribution in [2.45, 2.75) is 26.3 Å². The van der Waals surface area contributed by atoms with Crippen LogP contribution in [-0.2, 0) is 9.59 Å². The number of nitrogens with one attached hydrogen (secondary N) is 1. The number of ether oxygens (including phenoxy) is 1. The number of aromatic nitrogens is 4. The fourth-order valence-corrected chi connectivity index (χ4v) is 3.37. The standard InChI is InChI=1S/C21H21N7O3/c1-13(29)18-12-17(24-28(18)16-7-5-4-6-8-16)21(30)22-15-9-10-20(31-3)19(11-15)27-14(2)23-25-26-27/h4-11,18H,12H2,1-3H3,(H,22,30). The molecule has 1 N–H and O–H groups in total. The quantitative estimate of drug-likeness (QED) is 0.651. The van der Waals surface area contributed by atoms with Crippen LogP contribution in [0.5, 0.6) is 5.75 Å². The van der Waals surface area contributed by atoms with Gasteiger partial charge in [-0.2, -0.15) is 9.78 Å². The summed E-state index contributed by atoms with van der Waals surface area (Å²) in [7, 11) is 1.55. The minimum atomic E-state index is -0.515. The van der Waals surface area contributed by atoms with Crippen LogP contribution < -0.4 is 15.1 Å². The first-order valence-corrected chi connectivity index (χ1v) is 9.65. The molecule has 31 heavy (non-hydrogen) atoms. The van der Waals surface area contributed by atoms with Gasteiger partial charge < -0.3 is 10.1 Å². The van der Waals surface area contributed by atoms with Gasteiger partial charge in [-0.1, -0.05) is 18.2 Å². The summed E-state index contributed by atoms with van der Waals surface area (Å²) in [4.78, 5) is 25.1. The molecule has 158 valence electrons. The molecule has 0 aliphatic carbocycles. The van der Waals surface area contributed by atoms with Crippen LogP contribution in [0.2, 0.25) is 0 Å². The number of aryl methyl sites for hydroxylation is 1. The SMILES string of the molecule is COc1ccc(NC(=O)C2=NN(c3ccccc3)C(C(C)=O)C2)cc1-n1nnnc1C. The number of ketones is 1. The van der Waals surface area contributed by atoms with Crippen LogP contribution in [0.15, 0.2) is 53.6 Å². The van der Waals surface area contributed by atoms with E-state index >= 15 is 0 Å². The topological polar surface area (TPSA) is 115 Å². The zero-order valence-electron chi connectivity index (χ0n) is 17.3. The van der Waals surface area contributed by atoms with Gasteiger partial charge in [0.05, 0.1) is 12.8 Å². The van der Waals surface area contributed by atoms with Crippen molar-refractivity contribution in [1.29, 1.82) is 0 Å². The maximum atomic E-state index is 12.9. The van der Waals surface area contributed by atoms with Crippen LogP contribution in [0.1, 0.15) is 19.2 Å². The number of nitrogens with zero attached hydrogens (tertiary/aromatic N) is 6. The Bertz CT molecular complexity index is 1160. The van der Waals surface area contributed by atoms with Crippen molar-refractivity contribution < 1.29 is 14.3 Å². The van der Waals surface area contributed by atoms with E-state index in [1.807, 2.05) is 30.3 Å². The van der Waals surface area contributed by atoms with Crippen molar-refractivity contribution in [3.63, 3.8) is 0 Å². The predicted molar refractivity (Wildman–Crippen MR) is 115 cm³/mol. The van der Waals surface area contributed by atoms with E-state index < -0.39 is 6.04 Å². The molecule has 0 saturated carbocycles. The van der Waals surface area contributed by atoms with Gasteiger partial charge in [0.25, 0.3) is 5.91 Å². The van der Waals surface area contributed by atoms with Crippen molar-refractivity contribution >= 4 is 28.8 Å². The molecule has 0 radical (unpaired) electrons. The summed E-state index contributed by atoms with van der Waals surface area (Å²) in [6, 6.07) is 13.9. The Morgan fingerprint density at radius 3 is 2.58 bits per heavy atom. The van der Waals surface area contributed by atoms with Gasteiger partial charge in [0.2, 0.25) is 0 Å². The largest absolute Gasteiger partial charge is 0.494 e. The number of benzene rings is 2. The van der Waals surface area contributed by atoms with E-state index in [0.29, 0.717) is 22.9 Å². The summed E-state index contributed by atoms with van der Waals surface area (Å²) in [6.07, 6.45) is 0.227. The Hall–Kier alpha value is -4.08. The number of Topliss-reactive ketones (excluding diaryl/α,β-unsaturated/α-hetero) is 1. The van der Waals surface area contributed by atoms with Gasteiger partial charge in [-0.25, -0.2) is 0 Å². The first-order valence-electron chi connectivity index (χ1n) is 9.65. The molecular formula is C21H21N7O3. The lowest BCUT2D eigenvalue weighted by Crippen LogP contribution is -2.33. The summed E-state index contributed by atoms with van der Waals surface area (Å²) >= 11 is 0. The zero-order chi connectivity index (χ0) is 22.0. The highest BCUT2D eigenvalue weighted by molar-refractivity contribution is 6.44. The summed E-state index contributed by atoms with van der Waals surface area (Å²) in [5.74, 6) is 0.689. The molecule has 3 aromatic rings. The van der Waals surface area contributed by atoms with Crippen LogP contribution >= 0.6 is 0 Å². The Balaban J connectivity index is 1.60.